The van der Waals surface area contributed by atoms with Crippen LogP contribution in [0.2, 0.25) is 0 Å². The van der Waals surface area contributed by atoms with Gasteiger partial charge in [-0.2, -0.15) is 0 Å². The molecule has 0 aromatic heterocycles. The summed E-state index contributed by atoms with van der Waals surface area (Å²) < 4.78 is 10.9. The topological polar surface area (TPSA) is 18.5 Å². The first-order chi connectivity index (χ1) is 5.86. The third-order valence-electron chi connectivity index (χ3n) is 3.68. The lowest BCUT2D eigenvalue weighted by molar-refractivity contribution is 0.0444. The standard InChI is InChI=1S/C10H18O2/c1-11-9-5-3-8-7(9)4-6-10(8)12-2/h7-10H,3-6H2,1-2H3/t7-,8-,9-,10-/m0/s1. The highest BCUT2D eigenvalue weighted by molar-refractivity contribution is 4.95. The van der Waals surface area contributed by atoms with Crippen molar-refractivity contribution >= 4 is 0 Å². The molecule has 70 valence electrons. The van der Waals surface area contributed by atoms with Crippen LogP contribution in [0, 0.1) is 11.8 Å². The van der Waals surface area contributed by atoms with Gasteiger partial charge in [-0.05, 0) is 37.5 Å². The van der Waals surface area contributed by atoms with Crippen LogP contribution in [0.1, 0.15) is 25.7 Å². The summed E-state index contributed by atoms with van der Waals surface area (Å²) in [6.07, 6.45) is 6.14. The van der Waals surface area contributed by atoms with Crippen LogP contribution in [-0.2, 0) is 9.47 Å². The molecule has 2 fully saturated rings. The Hall–Kier alpha value is -0.0800. The van der Waals surface area contributed by atoms with Crippen molar-refractivity contribution in [2.24, 2.45) is 11.8 Å². The van der Waals surface area contributed by atoms with Gasteiger partial charge in [0, 0.05) is 14.2 Å². The Labute approximate surface area is 74.2 Å². The van der Waals surface area contributed by atoms with E-state index in [2.05, 4.69) is 0 Å². The Bertz CT molecular complexity index is 140. The molecular weight excluding hydrogens is 152 g/mol. The fraction of sp³-hybridized carbons (Fsp3) is 1.00. The van der Waals surface area contributed by atoms with Crippen molar-refractivity contribution in [3.8, 4) is 0 Å². The molecule has 2 nitrogen and oxygen atoms in total. The Balaban J connectivity index is 2.01. The van der Waals surface area contributed by atoms with Gasteiger partial charge in [0.1, 0.15) is 0 Å². The van der Waals surface area contributed by atoms with E-state index in [1.54, 1.807) is 0 Å². The van der Waals surface area contributed by atoms with Crippen LogP contribution < -0.4 is 0 Å². The van der Waals surface area contributed by atoms with Crippen molar-refractivity contribution in [2.45, 2.75) is 37.9 Å². The number of hydrogen-bond donors (Lipinski definition) is 0. The van der Waals surface area contributed by atoms with E-state index in [1.807, 2.05) is 14.2 Å². The van der Waals surface area contributed by atoms with E-state index < -0.39 is 0 Å². The van der Waals surface area contributed by atoms with E-state index in [4.69, 9.17) is 9.47 Å². The van der Waals surface area contributed by atoms with E-state index in [0.717, 1.165) is 11.8 Å². The van der Waals surface area contributed by atoms with E-state index in [9.17, 15) is 0 Å². The lowest BCUT2D eigenvalue weighted by Crippen LogP contribution is -2.21. The van der Waals surface area contributed by atoms with Gasteiger partial charge in [0.05, 0.1) is 12.2 Å². The highest BCUT2D eigenvalue weighted by Crippen LogP contribution is 2.46. The predicted octanol–water partition coefficient (Wildman–Crippen LogP) is 1.84. The summed E-state index contributed by atoms with van der Waals surface area (Å²) in [5.74, 6) is 1.58. The highest BCUT2D eigenvalue weighted by atomic mass is 16.5. The molecule has 0 spiro atoms. The molecule has 0 aromatic carbocycles. The molecule has 0 N–H and O–H groups in total. The maximum atomic E-state index is 5.46. The molecule has 0 radical (unpaired) electrons. The second-order valence-electron chi connectivity index (χ2n) is 4.03. The summed E-state index contributed by atoms with van der Waals surface area (Å²) in [4.78, 5) is 0. The summed E-state index contributed by atoms with van der Waals surface area (Å²) in [6, 6.07) is 0. The lowest BCUT2D eigenvalue weighted by atomic mass is 9.98. The second kappa shape index (κ2) is 3.35. The smallest absolute Gasteiger partial charge is 0.0603 e. The van der Waals surface area contributed by atoms with Crippen LogP contribution in [0.3, 0.4) is 0 Å². The zero-order valence-corrected chi connectivity index (χ0v) is 7.95. The van der Waals surface area contributed by atoms with Gasteiger partial charge in [-0.15, -0.1) is 0 Å². The van der Waals surface area contributed by atoms with Crippen LogP contribution in [0.4, 0.5) is 0 Å². The largest absolute Gasteiger partial charge is 0.381 e. The minimum absolute atomic E-state index is 0.523. The summed E-state index contributed by atoms with van der Waals surface area (Å²) in [5.41, 5.74) is 0. The number of fused-ring (bicyclic) bond motifs is 1. The maximum Gasteiger partial charge on any atom is 0.0603 e. The first-order valence-electron chi connectivity index (χ1n) is 4.92. The van der Waals surface area contributed by atoms with Crippen molar-refractivity contribution in [1.82, 2.24) is 0 Å². The average molecular weight is 170 g/mol. The fourth-order valence-corrected chi connectivity index (χ4v) is 3.08. The molecule has 2 aliphatic carbocycles. The summed E-state index contributed by atoms with van der Waals surface area (Å²) >= 11 is 0. The van der Waals surface area contributed by atoms with Gasteiger partial charge in [0.2, 0.25) is 0 Å². The molecule has 0 bridgehead atoms. The zero-order valence-electron chi connectivity index (χ0n) is 7.95. The Morgan fingerprint density at radius 3 is 1.50 bits per heavy atom. The summed E-state index contributed by atoms with van der Waals surface area (Å²) in [6.45, 7) is 0. The molecule has 2 rings (SSSR count). The van der Waals surface area contributed by atoms with Crippen molar-refractivity contribution in [2.75, 3.05) is 14.2 Å². The predicted molar refractivity (Wildman–Crippen MR) is 47.0 cm³/mol. The van der Waals surface area contributed by atoms with Gasteiger partial charge in [-0.1, -0.05) is 0 Å². The normalized spacial score (nSPS) is 46.5. The average Bonchev–Trinajstić information content (AvgIpc) is 2.62. The molecule has 0 aromatic rings. The molecule has 0 aliphatic heterocycles. The zero-order chi connectivity index (χ0) is 8.55. The molecule has 4 atom stereocenters. The molecule has 2 heteroatoms. The number of rotatable bonds is 2. The van der Waals surface area contributed by atoms with E-state index in [1.165, 1.54) is 25.7 Å². The molecule has 12 heavy (non-hydrogen) atoms. The van der Waals surface area contributed by atoms with Crippen molar-refractivity contribution in [3.63, 3.8) is 0 Å². The lowest BCUT2D eigenvalue weighted by Gasteiger charge is -2.18. The van der Waals surface area contributed by atoms with Gasteiger partial charge in [0.15, 0.2) is 0 Å². The van der Waals surface area contributed by atoms with Gasteiger partial charge in [0.25, 0.3) is 0 Å². The van der Waals surface area contributed by atoms with Crippen LogP contribution in [0.15, 0.2) is 0 Å². The van der Waals surface area contributed by atoms with Gasteiger partial charge in [-0.25, -0.2) is 0 Å². The SMILES string of the molecule is CO[C@H]1CC[C@H]2[C@@H]1CC[C@@H]2OC. The monoisotopic (exact) mass is 170 g/mol. The van der Waals surface area contributed by atoms with E-state index >= 15 is 0 Å². The van der Waals surface area contributed by atoms with Crippen molar-refractivity contribution in [3.05, 3.63) is 0 Å². The third-order valence-corrected chi connectivity index (χ3v) is 3.68. The van der Waals surface area contributed by atoms with Crippen LogP contribution in [0.25, 0.3) is 0 Å². The molecule has 2 saturated carbocycles. The van der Waals surface area contributed by atoms with Crippen LogP contribution in [-0.4, -0.2) is 26.4 Å². The molecular formula is C10H18O2. The van der Waals surface area contributed by atoms with E-state index in [-0.39, 0.29) is 0 Å². The highest BCUT2D eigenvalue weighted by Gasteiger charge is 2.44. The fourth-order valence-electron chi connectivity index (χ4n) is 3.08. The minimum atomic E-state index is 0.523. The number of ether oxygens (including phenoxy) is 2. The first kappa shape index (κ1) is 8.52. The Morgan fingerprint density at radius 2 is 1.17 bits per heavy atom. The summed E-state index contributed by atoms with van der Waals surface area (Å²) in [7, 11) is 3.68. The quantitative estimate of drug-likeness (QED) is 0.629. The molecule has 0 saturated heterocycles. The Morgan fingerprint density at radius 1 is 0.750 bits per heavy atom. The molecule has 0 amide bonds. The van der Waals surface area contributed by atoms with Crippen molar-refractivity contribution in [1.29, 1.82) is 0 Å². The Kier molecular flexibility index (Phi) is 2.37. The van der Waals surface area contributed by atoms with E-state index in [0.29, 0.717) is 12.2 Å². The summed E-state index contributed by atoms with van der Waals surface area (Å²) in [5, 5.41) is 0. The molecule has 0 unspecified atom stereocenters. The number of methoxy groups -OCH3 is 2. The second-order valence-corrected chi connectivity index (χ2v) is 4.03. The van der Waals surface area contributed by atoms with Gasteiger partial charge in [-0.3, -0.25) is 0 Å². The van der Waals surface area contributed by atoms with Crippen molar-refractivity contribution < 1.29 is 9.47 Å². The van der Waals surface area contributed by atoms with Crippen LogP contribution >= 0.6 is 0 Å². The molecule has 0 heterocycles. The van der Waals surface area contributed by atoms with Gasteiger partial charge < -0.3 is 9.47 Å². The third kappa shape index (κ3) is 1.17. The number of hydrogen-bond acceptors (Lipinski definition) is 2. The maximum absolute atomic E-state index is 5.46. The first-order valence-corrected chi connectivity index (χ1v) is 4.92. The van der Waals surface area contributed by atoms with Gasteiger partial charge >= 0.3 is 0 Å². The molecule has 2 aliphatic rings. The van der Waals surface area contributed by atoms with Crippen LogP contribution in [0.5, 0.6) is 0 Å². The minimum Gasteiger partial charge on any atom is -0.381 e.